The zero-order valence-corrected chi connectivity index (χ0v) is 23.6. The summed E-state index contributed by atoms with van der Waals surface area (Å²) < 4.78 is 4.54. The lowest BCUT2D eigenvalue weighted by atomic mass is 10.0. The average Bonchev–Trinajstić information content (AvgIpc) is 2.97. The Balaban J connectivity index is 0.000000283. The first-order valence-corrected chi connectivity index (χ1v) is 13.1. The van der Waals surface area contributed by atoms with Gasteiger partial charge in [-0.3, -0.25) is 9.59 Å². The molecule has 0 fully saturated rings. The van der Waals surface area contributed by atoms with Crippen LogP contribution in [0, 0.1) is 0 Å². The highest BCUT2D eigenvalue weighted by atomic mass is 16.8. The van der Waals surface area contributed by atoms with Gasteiger partial charge in [0.05, 0.1) is 6.61 Å². The topological polar surface area (TPSA) is 88.2 Å². The Labute approximate surface area is 231 Å². The summed E-state index contributed by atoms with van der Waals surface area (Å²) in [5, 5.41) is 0. The van der Waals surface area contributed by atoms with Gasteiger partial charge in [-0.1, -0.05) is 30.3 Å². The van der Waals surface area contributed by atoms with Crippen LogP contribution in [0.5, 0.6) is 0 Å². The second-order valence-electron chi connectivity index (χ2n) is 8.84. The molecule has 0 radical (unpaired) electrons. The van der Waals surface area contributed by atoms with Crippen molar-refractivity contribution in [3.05, 3.63) is 95.6 Å². The molecule has 0 aromatic heterocycles. The van der Waals surface area contributed by atoms with Crippen LogP contribution in [0.4, 0.5) is 16.2 Å². The number of nitrogens with one attached hydrogen (secondary N) is 1. The molecule has 0 bridgehead atoms. The first-order chi connectivity index (χ1) is 18.7. The highest BCUT2D eigenvalue weighted by Crippen LogP contribution is 2.19. The zero-order valence-electron chi connectivity index (χ0n) is 23.6. The number of carbonyl (C=O) groups is 3. The van der Waals surface area contributed by atoms with Gasteiger partial charge in [-0.25, -0.2) is 4.79 Å². The van der Waals surface area contributed by atoms with E-state index in [-0.39, 0.29) is 18.2 Å². The maximum atomic E-state index is 12.5. The quantitative estimate of drug-likeness (QED) is 0.189. The SMILES string of the molecule is CCN(CC)c1ccc(C(=O)c2ccc(N(C)C)cc2)cc1.CCOC(=O)ONC(C)C(=O)c1ccccc1. The van der Waals surface area contributed by atoms with Crippen LogP contribution in [-0.2, 0) is 9.57 Å². The first kappa shape index (κ1) is 31.1. The molecule has 0 aliphatic rings. The Bertz CT molecular complexity index is 1180. The van der Waals surface area contributed by atoms with E-state index in [9.17, 15) is 14.4 Å². The minimum Gasteiger partial charge on any atom is -0.433 e. The molecular weight excluding hydrogens is 494 g/mol. The van der Waals surface area contributed by atoms with Gasteiger partial charge < -0.3 is 19.4 Å². The summed E-state index contributed by atoms with van der Waals surface area (Å²) in [7, 11) is 3.98. The number of hydrogen-bond acceptors (Lipinski definition) is 8. The standard InChI is InChI=1S/C19H24N2O.C12H15NO4/c1-5-21(6-2)18-13-9-16(10-14-18)19(22)15-7-11-17(12-8-15)20(3)4;1-3-16-12(15)17-13-9(2)11(14)10-7-5-4-6-8-10/h7-14H,5-6H2,1-4H3;4-9,13H,3H2,1-2H3. The Morgan fingerprint density at radius 3 is 1.72 bits per heavy atom. The molecule has 0 spiro atoms. The van der Waals surface area contributed by atoms with E-state index in [0.717, 1.165) is 35.6 Å². The molecule has 0 heterocycles. The number of nitrogens with zero attached hydrogens (tertiary/aromatic N) is 2. The van der Waals surface area contributed by atoms with Crippen LogP contribution < -0.4 is 15.3 Å². The Morgan fingerprint density at radius 1 is 0.744 bits per heavy atom. The van der Waals surface area contributed by atoms with Gasteiger partial charge in [0.15, 0.2) is 11.6 Å². The van der Waals surface area contributed by atoms with Crippen molar-refractivity contribution in [2.45, 2.75) is 33.7 Å². The smallest absolute Gasteiger partial charge is 0.433 e. The fourth-order valence-corrected chi connectivity index (χ4v) is 3.68. The molecule has 1 atom stereocenters. The van der Waals surface area contributed by atoms with Gasteiger partial charge in [0.1, 0.15) is 6.04 Å². The molecule has 3 aromatic rings. The van der Waals surface area contributed by atoms with Crippen molar-refractivity contribution in [3.8, 4) is 0 Å². The fraction of sp³-hybridized carbons (Fsp3) is 0.323. The van der Waals surface area contributed by atoms with Crippen LogP contribution >= 0.6 is 0 Å². The van der Waals surface area contributed by atoms with Crippen molar-refractivity contribution in [1.29, 1.82) is 0 Å². The van der Waals surface area contributed by atoms with Crippen molar-refractivity contribution in [2.24, 2.45) is 0 Å². The molecule has 0 saturated carbocycles. The van der Waals surface area contributed by atoms with E-state index < -0.39 is 12.2 Å². The van der Waals surface area contributed by atoms with E-state index in [2.05, 4.69) is 33.8 Å². The molecule has 8 nitrogen and oxygen atoms in total. The maximum Gasteiger partial charge on any atom is 0.527 e. The Kier molecular flexibility index (Phi) is 12.7. The van der Waals surface area contributed by atoms with Gasteiger partial charge in [-0.2, -0.15) is 0 Å². The number of ketones is 2. The van der Waals surface area contributed by atoms with Crippen molar-refractivity contribution in [2.75, 3.05) is 43.6 Å². The van der Waals surface area contributed by atoms with Crippen molar-refractivity contribution in [3.63, 3.8) is 0 Å². The van der Waals surface area contributed by atoms with Crippen molar-refractivity contribution < 1.29 is 24.0 Å². The molecule has 1 N–H and O–H groups in total. The summed E-state index contributed by atoms with van der Waals surface area (Å²) in [5.41, 5.74) is 6.60. The molecule has 0 saturated heterocycles. The van der Waals surface area contributed by atoms with Gasteiger partial charge in [-0.15, -0.1) is 5.48 Å². The number of benzene rings is 3. The third-order valence-corrected chi connectivity index (χ3v) is 5.94. The maximum absolute atomic E-state index is 12.5. The Hall–Kier alpha value is -4.17. The molecule has 3 aromatic carbocycles. The fourth-order valence-electron chi connectivity index (χ4n) is 3.68. The normalized spacial score (nSPS) is 10.9. The second kappa shape index (κ2) is 15.9. The summed E-state index contributed by atoms with van der Waals surface area (Å²) >= 11 is 0. The van der Waals surface area contributed by atoms with E-state index in [1.54, 1.807) is 38.1 Å². The third kappa shape index (κ3) is 9.57. The van der Waals surface area contributed by atoms with E-state index in [1.807, 2.05) is 73.6 Å². The number of hydroxylamine groups is 1. The number of ether oxygens (including phenoxy) is 1. The lowest BCUT2D eigenvalue weighted by Gasteiger charge is -2.21. The molecule has 0 aliphatic carbocycles. The molecular formula is C31H39N3O5. The largest absolute Gasteiger partial charge is 0.527 e. The summed E-state index contributed by atoms with van der Waals surface area (Å²) in [4.78, 5) is 44.1. The number of hydrogen-bond donors (Lipinski definition) is 1. The third-order valence-electron chi connectivity index (χ3n) is 5.94. The minimum atomic E-state index is -0.847. The first-order valence-electron chi connectivity index (χ1n) is 13.1. The van der Waals surface area contributed by atoms with Gasteiger partial charge >= 0.3 is 6.16 Å². The molecule has 3 rings (SSSR count). The average molecular weight is 534 g/mol. The lowest BCUT2D eigenvalue weighted by Crippen LogP contribution is -2.36. The number of Topliss-reactive ketones (excluding diaryl/α,β-unsaturated/α-hetero) is 1. The van der Waals surface area contributed by atoms with Crippen LogP contribution in [0.25, 0.3) is 0 Å². The van der Waals surface area contributed by atoms with Crippen LogP contribution in [0.15, 0.2) is 78.9 Å². The molecule has 208 valence electrons. The zero-order chi connectivity index (χ0) is 28.8. The monoisotopic (exact) mass is 533 g/mol. The van der Waals surface area contributed by atoms with Gasteiger partial charge in [0.2, 0.25) is 0 Å². The van der Waals surface area contributed by atoms with Gasteiger partial charge in [-0.05, 0) is 76.2 Å². The summed E-state index contributed by atoms with van der Waals surface area (Å²) in [6, 6.07) is 23.7. The molecule has 1 unspecified atom stereocenters. The molecule has 8 heteroatoms. The van der Waals surface area contributed by atoms with E-state index in [0.29, 0.717) is 5.56 Å². The summed E-state index contributed by atoms with van der Waals surface area (Å²) in [6.07, 6.45) is -0.847. The van der Waals surface area contributed by atoms with Crippen molar-refractivity contribution >= 4 is 29.1 Å². The van der Waals surface area contributed by atoms with E-state index >= 15 is 0 Å². The number of carbonyl (C=O) groups excluding carboxylic acids is 3. The van der Waals surface area contributed by atoms with Crippen LogP contribution in [0.1, 0.15) is 54.0 Å². The summed E-state index contributed by atoms with van der Waals surface area (Å²) in [6.45, 7) is 9.70. The van der Waals surface area contributed by atoms with Crippen LogP contribution in [-0.4, -0.2) is 57.6 Å². The van der Waals surface area contributed by atoms with Crippen LogP contribution in [0.2, 0.25) is 0 Å². The second-order valence-corrected chi connectivity index (χ2v) is 8.84. The highest BCUT2D eigenvalue weighted by Gasteiger charge is 2.16. The number of rotatable bonds is 11. The predicted molar refractivity (Wildman–Crippen MR) is 156 cm³/mol. The lowest BCUT2D eigenvalue weighted by molar-refractivity contribution is 0.00972. The van der Waals surface area contributed by atoms with Crippen molar-refractivity contribution in [1.82, 2.24) is 5.48 Å². The Morgan fingerprint density at radius 2 is 1.26 bits per heavy atom. The van der Waals surface area contributed by atoms with Gasteiger partial charge in [0.25, 0.3) is 0 Å². The number of anilines is 2. The molecule has 0 amide bonds. The van der Waals surface area contributed by atoms with E-state index in [4.69, 9.17) is 0 Å². The van der Waals surface area contributed by atoms with Crippen LogP contribution in [0.3, 0.4) is 0 Å². The predicted octanol–water partition coefficient (Wildman–Crippen LogP) is 5.77. The van der Waals surface area contributed by atoms with Gasteiger partial charge in [0, 0.05) is 55.2 Å². The molecule has 39 heavy (non-hydrogen) atoms. The summed E-state index contributed by atoms with van der Waals surface area (Å²) in [5.74, 6) is -0.0914. The van der Waals surface area contributed by atoms with E-state index in [1.165, 1.54) is 0 Å². The minimum absolute atomic E-state index is 0.0661. The highest BCUT2D eigenvalue weighted by molar-refractivity contribution is 6.09. The molecule has 0 aliphatic heterocycles.